The molecule has 1 unspecified atom stereocenters. The fourth-order valence-electron chi connectivity index (χ4n) is 3.05. The summed E-state index contributed by atoms with van der Waals surface area (Å²) in [6.07, 6.45) is 6.11. The van der Waals surface area contributed by atoms with Gasteiger partial charge < -0.3 is 14.6 Å². The average molecular weight is 394 g/mol. The lowest BCUT2D eigenvalue weighted by Gasteiger charge is -2.39. The molecule has 1 aromatic rings. The zero-order valence-corrected chi connectivity index (χ0v) is 17.8. The monoisotopic (exact) mass is 393 g/mol. The van der Waals surface area contributed by atoms with Crippen LogP contribution in [0.25, 0.3) is 0 Å². The molecule has 1 fully saturated rings. The Morgan fingerprint density at radius 2 is 2.07 bits per heavy atom. The van der Waals surface area contributed by atoms with Crippen molar-refractivity contribution in [1.29, 1.82) is 0 Å². The Labute approximate surface area is 162 Å². The van der Waals surface area contributed by atoms with Crippen LogP contribution in [-0.4, -0.2) is 59.1 Å². The third-order valence-electron chi connectivity index (χ3n) is 5.64. The van der Waals surface area contributed by atoms with Crippen LogP contribution in [0.5, 0.6) is 0 Å². The molecule has 2 heterocycles. The minimum atomic E-state index is -2.02. The molecular weight excluding hydrogens is 362 g/mol. The van der Waals surface area contributed by atoms with E-state index in [2.05, 4.69) is 49.1 Å². The summed E-state index contributed by atoms with van der Waals surface area (Å²) in [5, 5.41) is 23.3. The number of nitrogens with zero attached hydrogens (tertiary/aromatic N) is 2. The summed E-state index contributed by atoms with van der Waals surface area (Å²) < 4.78 is 6.47. The average Bonchev–Trinajstić information content (AvgIpc) is 3.03. The maximum Gasteiger partial charge on any atom is 0.192 e. The van der Waals surface area contributed by atoms with Crippen molar-refractivity contribution < 1.29 is 19.4 Å². The first-order valence-electron chi connectivity index (χ1n) is 9.21. The van der Waals surface area contributed by atoms with Crippen LogP contribution in [0.2, 0.25) is 18.1 Å². The lowest BCUT2D eigenvalue weighted by molar-refractivity contribution is -0.125. The molecule has 0 spiro atoms. The highest BCUT2D eigenvalue weighted by atomic mass is 28.4. The summed E-state index contributed by atoms with van der Waals surface area (Å²) in [6.45, 7) is 11.1. The number of ketones is 1. The fourth-order valence-corrected chi connectivity index (χ4v) is 4.41. The summed E-state index contributed by atoms with van der Waals surface area (Å²) in [4.78, 5) is 20.8. The molecule has 0 aliphatic carbocycles. The number of aromatic nitrogens is 2. The van der Waals surface area contributed by atoms with Crippen LogP contribution in [0.15, 0.2) is 30.9 Å². The van der Waals surface area contributed by atoms with E-state index in [9.17, 15) is 9.90 Å². The number of hydrogen-bond donors (Lipinski definition) is 3. The van der Waals surface area contributed by atoms with Crippen molar-refractivity contribution in [3.8, 4) is 0 Å². The van der Waals surface area contributed by atoms with Crippen LogP contribution >= 0.6 is 0 Å². The molecule has 8 heteroatoms. The molecule has 0 amide bonds. The van der Waals surface area contributed by atoms with Gasteiger partial charge in [-0.1, -0.05) is 26.8 Å². The van der Waals surface area contributed by atoms with Crippen LogP contribution in [0.1, 0.15) is 38.9 Å². The molecule has 0 aromatic carbocycles. The summed E-state index contributed by atoms with van der Waals surface area (Å²) >= 11 is 0. The van der Waals surface area contributed by atoms with Crippen LogP contribution < -0.4 is 5.32 Å². The molecule has 0 bridgehead atoms. The number of carbonyl (C=O) groups is 1. The van der Waals surface area contributed by atoms with Crippen LogP contribution in [0, 0.1) is 0 Å². The van der Waals surface area contributed by atoms with E-state index in [0.29, 0.717) is 18.5 Å². The standard InChI is InChI=1S/C19H31N3O4Si/c1-18(2,3)27(4,5)26-15-9-19(22-12-15,16(24)7-6-8-23)17(25)14-10-20-13-21-11-14/h6-7,10-11,13,15,17,22-23,25H,8-9,12H2,1-5H3/t15-,17?,19-/m1/s1. The van der Waals surface area contributed by atoms with E-state index in [1.165, 1.54) is 30.9 Å². The SMILES string of the molecule is CC(C)(C)[Si](C)(C)O[C@H]1CN[C@](C(=O)C=CCO)(C(O)c2cncnc2)C1. The zero-order chi connectivity index (χ0) is 20.3. The van der Waals surface area contributed by atoms with Crippen molar-refractivity contribution in [2.24, 2.45) is 0 Å². The fraction of sp³-hybridized carbons (Fsp3) is 0.632. The molecule has 1 aromatic heterocycles. The first-order valence-corrected chi connectivity index (χ1v) is 12.1. The first kappa shape index (κ1) is 21.8. The highest BCUT2D eigenvalue weighted by Crippen LogP contribution is 2.41. The number of aliphatic hydroxyl groups excluding tert-OH is 2. The molecule has 3 N–H and O–H groups in total. The number of carbonyl (C=O) groups excluding carboxylic acids is 1. The van der Waals surface area contributed by atoms with Crippen LogP contribution in [0.4, 0.5) is 0 Å². The van der Waals surface area contributed by atoms with E-state index in [0.717, 1.165) is 0 Å². The number of aliphatic hydroxyl groups is 2. The van der Waals surface area contributed by atoms with Crippen molar-refractivity contribution in [1.82, 2.24) is 15.3 Å². The van der Waals surface area contributed by atoms with Gasteiger partial charge in [-0.05, 0) is 24.2 Å². The van der Waals surface area contributed by atoms with Crippen molar-refractivity contribution in [3.63, 3.8) is 0 Å². The van der Waals surface area contributed by atoms with Gasteiger partial charge in [-0.2, -0.15) is 0 Å². The Bertz CT molecular complexity index is 675. The van der Waals surface area contributed by atoms with Crippen LogP contribution in [0.3, 0.4) is 0 Å². The third-order valence-corrected chi connectivity index (χ3v) is 10.2. The lowest BCUT2D eigenvalue weighted by Crippen LogP contribution is -2.52. The van der Waals surface area contributed by atoms with Gasteiger partial charge in [-0.3, -0.25) is 10.1 Å². The predicted octanol–water partition coefficient (Wildman–Crippen LogP) is 1.75. The maximum atomic E-state index is 12.9. The van der Waals surface area contributed by atoms with Crippen molar-refractivity contribution >= 4 is 14.1 Å². The van der Waals surface area contributed by atoms with E-state index in [1.54, 1.807) is 0 Å². The summed E-state index contributed by atoms with van der Waals surface area (Å²) in [5.41, 5.74) is -0.771. The van der Waals surface area contributed by atoms with Gasteiger partial charge in [0.25, 0.3) is 0 Å². The van der Waals surface area contributed by atoms with Gasteiger partial charge in [0, 0.05) is 30.9 Å². The predicted molar refractivity (Wildman–Crippen MR) is 106 cm³/mol. The lowest BCUT2D eigenvalue weighted by atomic mass is 9.82. The van der Waals surface area contributed by atoms with E-state index >= 15 is 0 Å². The minimum absolute atomic E-state index is 0.0466. The zero-order valence-electron chi connectivity index (χ0n) is 16.8. The third kappa shape index (κ3) is 4.70. The van der Waals surface area contributed by atoms with Gasteiger partial charge in [-0.15, -0.1) is 0 Å². The van der Waals surface area contributed by atoms with E-state index in [4.69, 9.17) is 9.53 Å². The van der Waals surface area contributed by atoms with Gasteiger partial charge in [0.2, 0.25) is 0 Å². The highest BCUT2D eigenvalue weighted by molar-refractivity contribution is 6.74. The Kier molecular flexibility index (Phi) is 6.70. The number of nitrogens with one attached hydrogen (secondary N) is 1. The summed E-state index contributed by atoms with van der Waals surface area (Å²) in [7, 11) is -2.02. The molecule has 3 atom stereocenters. The molecule has 7 nitrogen and oxygen atoms in total. The second kappa shape index (κ2) is 8.28. The largest absolute Gasteiger partial charge is 0.413 e. The highest BCUT2D eigenvalue weighted by Gasteiger charge is 2.52. The number of rotatable bonds is 7. The Morgan fingerprint density at radius 1 is 1.44 bits per heavy atom. The molecule has 0 saturated carbocycles. The van der Waals surface area contributed by atoms with Gasteiger partial charge in [0.05, 0.1) is 12.7 Å². The summed E-state index contributed by atoms with van der Waals surface area (Å²) in [6, 6.07) is 0. The van der Waals surface area contributed by atoms with Crippen LogP contribution in [-0.2, 0) is 9.22 Å². The molecule has 150 valence electrons. The van der Waals surface area contributed by atoms with Gasteiger partial charge >= 0.3 is 0 Å². The van der Waals surface area contributed by atoms with Crippen molar-refractivity contribution in [3.05, 3.63) is 36.4 Å². The van der Waals surface area contributed by atoms with Gasteiger partial charge in [0.15, 0.2) is 14.1 Å². The van der Waals surface area contributed by atoms with E-state index < -0.39 is 20.0 Å². The molecule has 1 aliphatic rings. The Hall–Kier alpha value is -1.45. The van der Waals surface area contributed by atoms with Crippen molar-refractivity contribution in [2.45, 2.75) is 63.1 Å². The topological polar surface area (TPSA) is 105 Å². The molecular formula is C19H31N3O4Si. The van der Waals surface area contributed by atoms with Gasteiger partial charge in [0.1, 0.15) is 18.0 Å². The molecule has 1 aliphatic heterocycles. The smallest absolute Gasteiger partial charge is 0.192 e. The van der Waals surface area contributed by atoms with Gasteiger partial charge in [-0.25, -0.2) is 9.97 Å². The molecule has 0 radical (unpaired) electrons. The maximum absolute atomic E-state index is 12.9. The van der Waals surface area contributed by atoms with E-state index in [-0.39, 0.29) is 23.5 Å². The normalized spacial score (nSPS) is 25.1. The Morgan fingerprint density at radius 3 is 2.63 bits per heavy atom. The second-order valence-corrected chi connectivity index (χ2v) is 13.3. The molecule has 27 heavy (non-hydrogen) atoms. The summed E-state index contributed by atoms with van der Waals surface area (Å²) in [5.74, 6) is -0.297. The van der Waals surface area contributed by atoms with E-state index in [1.807, 2.05) is 0 Å². The Balaban J connectivity index is 2.30. The minimum Gasteiger partial charge on any atom is -0.413 e. The first-order chi connectivity index (χ1) is 12.5. The molecule has 1 saturated heterocycles. The van der Waals surface area contributed by atoms with Crippen molar-refractivity contribution in [2.75, 3.05) is 13.2 Å². The molecule has 2 rings (SSSR count). The quantitative estimate of drug-likeness (QED) is 0.479. The second-order valence-electron chi connectivity index (χ2n) is 8.58. The number of hydrogen-bond acceptors (Lipinski definition) is 7.